The van der Waals surface area contributed by atoms with Crippen LogP contribution >= 0.6 is 0 Å². The van der Waals surface area contributed by atoms with E-state index in [1.165, 1.54) is 63.2 Å². The molecule has 0 fully saturated rings. The van der Waals surface area contributed by atoms with E-state index in [0.29, 0.717) is 5.75 Å². The van der Waals surface area contributed by atoms with E-state index in [9.17, 15) is 9.59 Å². The van der Waals surface area contributed by atoms with Crippen molar-refractivity contribution in [2.24, 2.45) is 34.2 Å². The van der Waals surface area contributed by atoms with E-state index in [-0.39, 0.29) is 23.1 Å². The zero-order valence-electron chi connectivity index (χ0n) is 31.7. The Hall–Kier alpha value is -3.56. The Labute approximate surface area is 290 Å². The molecule has 0 radical (unpaired) electrons. The lowest BCUT2D eigenvalue weighted by Gasteiger charge is -2.38. The number of hydrogen-bond acceptors (Lipinski definition) is 5. The van der Waals surface area contributed by atoms with E-state index in [1.807, 2.05) is 20.8 Å². The Balaban J connectivity index is 0.00000112. The number of guanidine groups is 2. The highest BCUT2D eigenvalue weighted by molar-refractivity contribution is 5.95. The molecule has 3 unspecified atom stereocenters. The number of ether oxygens (including phenoxy) is 2. The highest BCUT2D eigenvalue weighted by atomic mass is 16.5. The minimum Gasteiger partial charge on any atom is -0.487 e. The van der Waals surface area contributed by atoms with Gasteiger partial charge in [-0.2, -0.15) is 4.99 Å². The van der Waals surface area contributed by atoms with Crippen molar-refractivity contribution in [2.75, 3.05) is 14.1 Å². The zero-order chi connectivity index (χ0) is 36.8. The number of aliphatic imine (C=N–C) groups is 1. The van der Waals surface area contributed by atoms with Crippen molar-refractivity contribution >= 4 is 23.9 Å². The molecule has 1 aliphatic rings. The molecule has 0 aliphatic carbocycles. The number of esters is 1. The number of benzene rings is 1. The summed E-state index contributed by atoms with van der Waals surface area (Å²) in [6.45, 7) is 19.0. The molecule has 2 rings (SSSR count). The van der Waals surface area contributed by atoms with Gasteiger partial charge < -0.3 is 30.9 Å². The number of nitrogens with one attached hydrogen (secondary N) is 1. The van der Waals surface area contributed by atoms with Gasteiger partial charge in [0, 0.05) is 31.3 Å². The van der Waals surface area contributed by atoms with Crippen LogP contribution in [0, 0.1) is 43.9 Å². The van der Waals surface area contributed by atoms with Gasteiger partial charge in [-0.15, -0.1) is 0 Å². The van der Waals surface area contributed by atoms with Gasteiger partial charge in [0.05, 0.1) is 0 Å². The molecular weight excluding hydrogens is 606 g/mol. The smallest absolute Gasteiger partial charge is 0.336 e. The first-order chi connectivity index (χ1) is 22.3. The summed E-state index contributed by atoms with van der Waals surface area (Å²) in [4.78, 5) is 28.4. The minimum atomic E-state index is -1.13. The van der Waals surface area contributed by atoms with Crippen molar-refractivity contribution in [2.45, 2.75) is 139 Å². The van der Waals surface area contributed by atoms with Crippen LogP contribution in [0.3, 0.4) is 0 Å². The third kappa shape index (κ3) is 14.7. The van der Waals surface area contributed by atoms with Crippen LogP contribution in [0.15, 0.2) is 16.6 Å². The van der Waals surface area contributed by atoms with Crippen LogP contribution in [0.2, 0.25) is 0 Å². The van der Waals surface area contributed by atoms with Crippen molar-refractivity contribution in [3.05, 3.63) is 33.9 Å². The van der Waals surface area contributed by atoms with E-state index in [4.69, 9.17) is 31.5 Å². The first-order valence-electron chi connectivity index (χ1n) is 17.6. The van der Waals surface area contributed by atoms with Gasteiger partial charge in [-0.1, -0.05) is 72.6 Å². The number of carboxylic acids is 1. The molecule has 0 amide bonds. The maximum Gasteiger partial charge on any atom is 0.336 e. The molecule has 3 atom stereocenters. The fourth-order valence-electron chi connectivity index (χ4n) is 6.00. The lowest BCUT2D eigenvalue weighted by molar-refractivity contribution is -0.134. The van der Waals surface area contributed by atoms with Gasteiger partial charge in [0.1, 0.15) is 17.1 Å². The second-order valence-corrected chi connectivity index (χ2v) is 14.7. The molecular formula is C38H65N5O5. The average molecular weight is 672 g/mol. The largest absolute Gasteiger partial charge is 0.487 e. The van der Waals surface area contributed by atoms with Gasteiger partial charge in [0.15, 0.2) is 5.96 Å². The monoisotopic (exact) mass is 671 g/mol. The summed E-state index contributed by atoms with van der Waals surface area (Å²) in [5.41, 5.74) is 13.6. The quantitative estimate of drug-likeness (QED) is 0.0482. The SMILES string of the molecule is C/C(=C/C(=O)Oc1c(C)c(C)c2c(c1C)CCC(C)(CCCC(C)CCCC(C)CCCC(C)C)O2)C(=O)O.CN(C)C(=N)N=C(N)N. The van der Waals surface area contributed by atoms with Gasteiger partial charge in [-0.3, -0.25) is 5.41 Å². The molecule has 0 spiro atoms. The van der Waals surface area contributed by atoms with Crippen molar-refractivity contribution < 1.29 is 24.2 Å². The van der Waals surface area contributed by atoms with E-state index >= 15 is 0 Å². The van der Waals surface area contributed by atoms with Crippen molar-refractivity contribution in [3.63, 3.8) is 0 Å². The van der Waals surface area contributed by atoms with E-state index in [2.05, 4.69) is 39.6 Å². The normalized spacial score (nSPS) is 16.9. The van der Waals surface area contributed by atoms with Crippen molar-refractivity contribution in [3.8, 4) is 11.5 Å². The Morgan fingerprint density at radius 1 is 0.979 bits per heavy atom. The molecule has 0 saturated heterocycles. The zero-order valence-corrected chi connectivity index (χ0v) is 31.7. The summed E-state index contributed by atoms with van der Waals surface area (Å²) >= 11 is 0. The fourth-order valence-corrected chi connectivity index (χ4v) is 6.00. The molecule has 0 bridgehead atoms. The number of nitrogens with two attached hydrogens (primary N) is 2. The van der Waals surface area contributed by atoms with Gasteiger partial charge in [-0.05, 0) is 94.7 Å². The summed E-state index contributed by atoms with van der Waals surface area (Å²) < 4.78 is 12.3. The van der Waals surface area contributed by atoms with Crippen LogP contribution in [-0.4, -0.2) is 53.6 Å². The molecule has 272 valence electrons. The Morgan fingerprint density at radius 3 is 2.00 bits per heavy atom. The van der Waals surface area contributed by atoms with E-state index < -0.39 is 11.9 Å². The second kappa shape index (κ2) is 20.1. The number of carbonyl (C=O) groups is 2. The number of carbonyl (C=O) groups excluding carboxylic acids is 1. The summed E-state index contributed by atoms with van der Waals surface area (Å²) in [6.07, 6.45) is 14.4. The third-order valence-corrected chi connectivity index (χ3v) is 9.37. The Bertz CT molecular complexity index is 1300. The standard InChI is InChI=1S/C34H54O5.C4H11N5/c1-22(2)13-10-14-23(3)15-11-16-24(4)17-12-19-34(9)20-18-29-28(8)31(26(6)27(7)32(29)39-34)38-30(35)21-25(5)33(36)37;1-9(2)4(7)8-3(5)6/h21-24H,10-20H2,1-9H3,(H,36,37);1-2H3,(H5,5,6,7,8)/b25-21-;. The predicted molar refractivity (Wildman–Crippen MR) is 197 cm³/mol. The van der Waals surface area contributed by atoms with Gasteiger partial charge in [0.2, 0.25) is 5.96 Å². The molecule has 0 aromatic heterocycles. The van der Waals surface area contributed by atoms with Crippen LogP contribution < -0.4 is 20.9 Å². The molecule has 1 aliphatic heterocycles. The number of aliphatic carboxylic acids is 1. The summed E-state index contributed by atoms with van der Waals surface area (Å²) in [5.74, 6) is 2.01. The number of carboxylic acid groups (broad SMARTS) is 1. The van der Waals surface area contributed by atoms with Gasteiger partial charge in [0.25, 0.3) is 0 Å². The molecule has 6 N–H and O–H groups in total. The summed E-state index contributed by atoms with van der Waals surface area (Å²) in [6, 6.07) is 0. The Morgan fingerprint density at radius 2 is 1.52 bits per heavy atom. The number of nitrogens with zero attached hydrogens (tertiary/aromatic N) is 2. The van der Waals surface area contributed by atoms with Crippen LogP contribution in [0.4, 0.5) is 0 Å². The molecule has 1 heterocycles. The summed E-state index contributed by atoms with van der Waals surface area (Å²) in [7, 11) is 3.38. The van der Waals surface area contributed by atoms with E-state index in [0.717, 1.165) is 71.1 Å². The predicted octanol–water partition coefficient (Wildman–Crippen LogP) is 7.83. The minimum absolute atomic E-state index is 0.0509. The maximum atomic E-state index is 12.4. The van der Waals surface area contributed by atoms with Crippen LogP contribution in [0.5, 0.6) is 11.5 Å². The molecule has 1 aromatic carbocycles. The van der Waals surface area contributed by atoms with Crippen LogP contribution in [0.1, 0.15) is 128 Å². The summed E-state index contributed by atoms with van der Waals surface area (Å²) in [5, 5.41) is 16.1. The van der Waals surface area contributed by atoms with Gasteiger partial charge >= 0.3 is 11.9 Å². The molecule has 48 heavy (non-hydrogen) atoms. The lowest BCUT2D eigenvalue weighted by atomic mass is 9.83. The number of rotatable bonds is 15. The maximum absolute atomic E-state index is 12.4. The topological polar surface area (TPSA) is 164 Å². The molecule has 10 heteroatoms. The second-order valence-electron chi connectivity index (χ2n) is 14.7. The fraction of sp³-hybridized carbons (Fsp3) is 0.684. The number of fused-ring (bicyclic) bond motifs is 1. The highest BCUT2D eigenvalue weighted by Crippen LogP contribution is 2.45. The number of hydrogen-bond donors (Lipinski definition) is 4. The van der Waals surface area contributed by atoms with Crippen molar-refractivity contribution in [1.82, 2.24) is 4.90 Å². The van der Waals surface area contributed by atoms with Crippen molar-refractivity contribution in [1.29, 1.82) is 5.41 Å². The van der Waals surface area contributed by atoms with Gasteiger partial charge in [-0.25, -0.2) is 9.59 Å². The first-order valence-corrected chi connectivity index (χ1v) is 17.6. The first kappa shape index (κ1) is 42.5. The molecule has 1 aromatic rings. The van der Waals surface area contributed by atoms with Crippen LogP contribution in [-0.2, 0) is 16.0 Å². The third-order valence-electron chi connectivity index (χ3n) is 9.37. The Kier molecular flexibility index (Phi) is 17.8. The average Bonchev–Trinajstić information content (AvgIpc) is 2.97. The highest BCUT2D eigenvalue weighted by Gasteiger charge is 2.34. The van der Waals surface area contributed by atoms with Crippen LogP contribution in [0.25, 0.3) is 0 Å². The molecule has 10 nitrogen and oxygen atoms in total. The lowest BCUT2D eigenvalue weighted by Crippen LogP contribution is -2.37. The van der Waals surface area contributed by atoms with E-state index in [1.54, 1.807) is 14.1 Å². The molecule has 0 saturated carbocycles.